The molecule has 4 heterocycles. The van der Waals surface area contributed by atoms with Gasteiger partial charge in [0.05, 0.1) is 13.2 Å². The van der Waals surface area contributed by atoms with Gasteiger partial charge in [-0.1, -0.05) is 0 Å². The van der Waals surface area contributed by atoms with Crippen LogP contribution in [0.1, 0.15) is 21.5 Å². The van der Waals surface area contributed by atoms with Crippen LogP contribution in [0.2, 0.25) is 0 Å². The number of hydrogen-bond acceptors (Lipinski definition) is 6. The summed E-state index contributed by atoms with van der Waals surface area (Å²) in [5, 5.41) is 3.89. The van der Waals surface area contributed by atoms with Gasteiger partial charge in [-0.25, -0.2) is 18.1 Å². The fraction of sp³-hybridized carbons (Fsp3) is 0.364. The summed E-state index contributed by atoms with van der Waals surface area (Å²) in [5.74, 6) is 0.689. The smallest absolute Gasteiger partial charge is 0.251 e. The van der Waals surface area contributed by atoms with Crippen LogP contribution >= 0.6 is 0 Å². The number of aromatic amines is 1. The Kier molecular flexibility index (Phi) is 5.58. The molecule has 3 N–H and O–H groups in total. The summed E-state index contributed by atoms with van der Waals surface area (Å²) < 4.78 is 33.5. The van der Waals surface area contributed by atoms with Crippen molar-refractivity contribution in [3.63, 3.8) is 0 Å². The highest BCUT2D eigenvalue weighted by atomic mass is 32.2. The van der Waals surface area contributed by atoms with E-state index in [1.807, 2.05) is 18.3 Å². The second-order valence-corrected chi connectivity index (χ2v) is 9.70. The molecule has 0 unspecified atom stereocenters. The fourth-order valence-electron chi connectivity index (χ4n) is 4.35. The van der Waals surface area contributed by atoms with E-state index in [9.17, 15) is 13.2 Å². The molecule has 0 aliphatic carbocycles. The molecule has 2 aromatic heterocycles. The Balaban J connectivity index is 1.28. The van der Waals surface area contributed by atoms with Gasteiger partial charge in [-0.05, 0) is 48.2 Å². The first-order valence-electron chi connectivity index (χ1n) is 10.7. The minimum atomic E-state index is -3.67. The zero-order valence-corrected chi connectivity index (χ0v) is 18.4. The third-order valence-electron chi connectivity index (χ3n) is 5.99. The summed E-state index contributed by atoms with van der Waals surface area (Å²) in [6.07, 6.45) is 4.56. The number of nitrogens with zero attached hydrogens (tertiary/aromatic N) is 2. The summed E-state index contributed by atoms with van der Waals surface area (Å²) >= 11 is 0. The molecule has 3 aromatic rings. The van der Waals surface area contributed by atoms with Crippen LogP contribution in [0.5, 0.6) is 0 Å². The molecule has 0 radical (unpaired) electrons. The first-order chi connectivity index (χ1) is 15.5. The Hall–Kier alpha value is -2.95. The Bertz CT molecular complexity index is 1250. The van der Waals surface area contributed by atoms with E-state index < -0.39 is 10.0 Å². The highest BCUT2D eigenvalue weighted by Gasteiger charge is 2.22. The van der Waals surface area contributed by atoms with E-state index in [1.54, 1.807) is 12.1 Å². The normalized spacial score (nSPS) is 16.8. The molecular formula is C22H25N5O4S. The summed E-state index contributed by atoms with van der Waals surface area (Å²) in [6.45, 7) is 3.63. The van der Waals surface area contributed by atoms with Crippen LogP contribution in [0.15, 0.2) is 41.6 Å². The predicted octanol–water partition coefficient (Wildman–Crippen LogP) is 1.21. The minimum Gasteiger partial charge on any atom is -0.378 e. The number of carbonyl (C=O) groups excluding carboxylic acids is 1. The van der Waals surface area contributed by atoms with Crippen LogP contribution in [-0.4, -0.2) is 63.7 Å². The molecule has 0 spiro atoms. The highest BCUT2D eigenvalue weighted by Crippen LogP contribution is 2.28. The molecule has 0 atom stereocenters. The summed E-state index contributed by atoms with van der Waals surface area (Å²) in [4.78, 5) is 21.9. The number of hydrogen-bond donors (Lipinski definition) is 3. The number of carbonyl (C=O) groups is 1. The number of amides is 1. The van der Waals surface area contributed by atoms with E-state index >= 15 is 0 Å². The topological polar surface area (TPSA) is 116 Å². The maximum absolute atomic E-state index is 12.7. The molecule has 1 fully saturated rings. The number of H-pyrrole nitrogens is 1. The van der Waals surface area contributed by atoms with Gasteiger partial charge in [0.15, 0.2) is 0 Å². The molecular weight excluding hydrogens is 430 g/mol. The zero-order chi connectivity index (χ0) is 22.1. The molecule has 0 bridgehead atoms. The predicted molar refractivity (Wildman–Crippen MR) is 120 cm³/mol. The lowest BCUT2D eigenvalue weighted by atomic mass is 9.94. The lowest BCUT2D eigenvalue weighted by Gasteiger charge is -2.27. The Morgan fingerprint density at radius 1 is 1.16 bits per heavy atom. The van der Waals surface area contributed by atoms with Crippen molar-refractivity contribution < 1.29 is 17.9 Å². The van der Waals surface area contributed by atoms with E-state index in [4.69, 9.17) is 4.74 Å². The van der Waals surface area contributed by atoms with Gasteiger partial charge in [0.1, 0.15) is 10.7 Å². The van der Waals surface area contributed by atoms with Crippen LogP contribution in [0.3, 0.4) is 0 Å². The fourth-order valence-corrected chi connectivity index (χ4v) is 5.33. The lowest BCUT2D eigenvalue weighted by molar-refractivity contribution is 0.0946. The first-order valence-corrected chi connectivity index (χ1v) is 12.2. The average molecular weight is 456 g/mol. The number of anilines is 1. The van der Waals surface area contributed by atoms with Crippen LogP contribution in [0.25, 0.3) is 10.9 Å². The summed E-state index contributed by atoms with van der Waals surface area (Å²) in [7, 11) is -3.67. The Labute approximate surface area is 186 Å². The number of rotatable bonds is 6. The summed E-state index contributed by atoms with van der Waals surface area (Å²) in [5.41, 5.74) is 3.67. The SMILES string of the molecule is O=C1NCCc2c1ccc1[nH]cc(CCNS(=O)(=O)c3ccc(N4CCOCC4)nc3)c21. The second kappa shape index (κ2) is 8.53. The van der Waals surface area contributed by atoms with Crippen molar-refractivity contribution in [3.8, 4) is 0 Å². The number of sulfonamides is 1. The largest absolute Gasteiger partial charge is 0.378 e. The number of benzene rings is 1. The highest BCUT2D eigenvalue weighted by molar-refractivity contribution is 7.89. The number of fused-ring (bicyclic) bond motifs is 3. The van der Waals surface area contributed by atoms with Crippen LogP contribution < -0.4 is 14.9 Å². The van der Waals surface area contributed by atoms with Crippen LogP contribution in [0.4, 0.5) is 5.82 Å². The summed E-state index contributed by atoms with van der Waals surface area (Å²) in [6, 6.07) is 7.05. The molecule has 2 aliphatic heterocycles. The van der Waals surface area contributed by atoms with Gasteiger partial charge in [0.2, 0.25) is 10.0 Å². The maximum atomic E-state index is 12.7. The van der Waals surface area contributed by atoms with E-state index in [0.29, 0.717) is 31.7 Å². The standard InChI is InChI=1S/C22H25N5O4S/c28-22-18-2-3-19-21(17(18)6-7-23-22)15(13-24-19)5-8-26-32(29,30)16-1-4-20(25-14-16)27-9-11-31-12-10-27/h1-4,13-14,24,26H,5-12H2,(H,23,28). The van der Waals surface area contributed by atoms with Crippen molar-refractivity contribution in [3.05, 3.63) is 53.3 Å². The minimum absolute atomic E-state index is 0.0611. The van der Waals surface area contributed by atoms with Gasteiger partial charge >= 0.3 is 0 Å². The Morgan fingerprint density at radius 3 is 2.78 bits per heavy atom. The zero-order valence-electron chi connectivity index (χ0n) is 17.6. The van der Waals surface area contributed by atoms with Crippen molar-refractivity contribution in [1.29, 1.82) is 0 Å². The third-order valence-corrected chi connectivity index (χ3v) is 7.44. The van der Waals surface area contributed by atoms with Crippen LogP contribution in [0, 0.1) is 0 Å². The second-order valence-electron chi connectivity index (χ2n) is 7.93. The first kappa shape index (κ1) is 20.9. The lowest BCUT2D eigenvalue weighted by Crippen LogP contribution is -2.36. The molecule has 9 nitrogen and oxygen atoms in total. The van der Waals surface area contributed by atoms with Crippen molar-refractivity contribution in [1.82, 2.24) is 20.0 Å². The van der Waals surface area contributed by atoms with Crippen molar-refractivity contribution in [2.24, 2.45) is 0 Å². The van der Waals surface area contributed by atoms with Gasteiger partial charge in [-0.3, -0.25) is 4.79 Å². The number of ether oxygens (including phenoxy) is 1. The van der Waals surface area contributed by atoms with E-state index in [0.717, 1.165) is 47.4 Å². The molecule has 1 amide bonds. The molecule has 0 saturated carbocycles. The maximum Gasteiger partial charge on any atom is 0.251 e. The van der Waals surface area contributed by atoms with Gasteiger partial charge in [0, 0.05) is 55.0 Å². The third kappa shape index (κ3) is 3.96. The molecule has 1 aromatic carbocycles. The molecule has 168 valence electrons. The van der Waals surface area contributed by atoms with E-state index in [1.165, 1.54) is 6.20 Å². The molecule has 10 heteroatoms. The number of pyridine rings is 1. The number of nitrogens with one attached hydrogen (secondary N) is 3. The molecule has 1 saturated heterocycles. The quantitative estimate of drug-likeness (QED) is 0.514. The number of aromatic nitrogens is 2. The van der Waals surface area contributed by atoms with Gasteiger partial charge in [0.25, 0.3) is 5.91 Å². The molecule has 32 heavy (non-hydrogen) atoms. The van der Waals surface area contributed by atoms with Gasteiger partial charge < -0.3 is 19.9 Å². The van der Waals surface area contributed by atoms with Crippen molar-refractivity contribution in [2.45, 2.75) is 17.7 Å². The Morgan fingerprint density at radius 2 is 2.00 bits per heavy atom. The van der Waals surface area contributed by atoms with E-state index in [-0.39, 0.29) is 17.3 Å². The van der Waals surface area contributed by atoms with Crippen molar-refractivity contribution in [2.75, 3.05) is 44.3 Å². The van der Waals surface area contributed by atoms with Crippen molar-refractivity contribution >= 4 is 32.7 Å². The molecule has 5 rings (SSSR count). The van der Waals surface area contributed by atoms with Gasteiger partial charge in [-0.2, -0.15) is 0 Å². The van der Waals surface area contributed by atoms with Crippen LogP contribution in [-0.2, 0) is 27.6 Å². The van der Waals surface area contributed by atoms with Gasteiger partial charge in [-0.15, -0.1) is 0 Å². The average Bonchev–Trinajstić information content (AvgIpc) is 3.23. The molecule has 2 aliphatic rings. The van der Waals surface area contributed by atoms with E-state index in [2.05, 4.69) is 24.9 Å². The monoisotopic (exact) mass is 455 g/mol. The number of morpholine rings is 1.